The van der Waals surface area contributed by atoms with Crippen LogP contribution in [0.5, 0.6) is 11.5 Å². The third-order valence-corrected chi connectivity index (χ3v) is 5.43. The quantitative estimate of drug-likeness (QED) is 0.301. The van der Waals surface area contributed by atoms with Crippen molar-refractivity contribution in [1.82, 2.24) is 10.2 Å². The van der Waals surface area contributed by atoms with Gasteiger partial charge in [0.15, 0.2) is 5.78 Å². The highest BCUT2D eigenvalue weighted by Gasteiger charge is 2.15. The zero-order valence-electron chi connectivity index (χ0n) is 14.4. The zero-order chi connectivity index (χ0) is 18.4. The van der Waals surface area contributed by atoms with Gasteiger partial charge in [0.25, 0.3) is 11.1 Å². The summed E-state index contributed by atoms with van der Waals surface area (Å²) in [7, 11) is 3.17. The Kier molecular flexibility index (Phi) is 6.30. The minimum absolute atomic E-state index is 0.176. The van der Waals surface area contributed by atoms with E-state index in [1.807, 2.05) is 29.6 Å². The number of ketones is 1. The van der Waals surface area contributed by atoms with Gasteiger partial charge in [-0.2, -0.15) is 0 Å². The Morgan fingerprint density at radius 2 is 2.12 bits per heavy atom. The normalized spacial score (nSPS) is 10.7. The van der Waals surface area contributed by atoms with Gasteiger partial charge < -0.3 is 13.9 Å². The maximum absolute atomic E-state index is 12.0. The Balaban J connectivity index is 1.56. The molecule has 0 aliphatic heterocycles. The lowest BCUT2D eigenvalue weighted by atomic mass is 10.2. The van der Waals surface area contributed by atoms with E-state index in [1.165, 1.54) is 23.1 Å². The number of carbonyl (C=O) groups excluding carboxylic acids is 1. The minimum atomic E-state index is 0.176. The maximum atomic E-state index is 12.0. The van der Waals surface area contributed by atoms with Crippen molar-refractivity contribution in [3.8, 4) is 23.0 Å². The van der Waals surface area contributed by atoms with Crippen LogP contribution in [0.2, 0.25) is 0 Å². The lowest BCUT2D eigenvalue weighted by molar-refractivity contribution is 0.0986. The number of hydrogen-bond donors (Lipinski definition) is 0. The van der Waals surface area contributed by atoms with E-state index in [2.05, 4.69) is 10.2 Å². The fraction of sp³-hybridized carbons (Fsp3) is 0.278. The van der Waals surface area contributed by atoms with Gasteiger partial charge >= 0.3 is 0 Å². The highest BCUT2D eigenvalue weighted by Crippen LogP contribution is 2.33. The maximum Gasteiger partial charge on any atom is 0.276 e. The van der Waals surface area contributed by atoms with Gasteiger partial charge in [0, 0.05) is 18.2 Å². The number of rotatable bonds is 9. The summed E-state index contributed by atoms with van der Waals surface area (Å²) in [4.78, 5) is 12.8. The topological polar surface area (TPSA) is 74.5 Å². The van der Waals surface area contributed by atoms with Gasteiger partial charge in [-0.05, 0) is 30.0 Å². The second kappa shape index (κ2) is 8.86. The Morgan fingerprint density at radius 3 is 2.85 bits per heavy atom. The predicted molar refractivity (Wildman–Crippen MR) is 101 cm³/mol. The summed E-state index contributed by atoms with van der Waals surface area (Å²) in [6.45, 7) is 0. The standard InChI is InChI=1S/C18H18N2O4S2/c1-22-12-7-8-13(15(11-12)23-2)17-19-20-18(24-17)26-10-3-5-14(21)16-6-4-9-25-16/h4,6-9,11H,3,5,10H2,1-2H3. The molecule has 0 saturated carbocycles. The zero-order valence-corrected chi connectivity index (χ0v) is 16.1. The molecule has 0 aliphatic rings. The lowest BCUT2D eigenvalue weighted by Gasteiger charge is -2.07. The van der Waals surface area contributed by atoms with Crippen molar-refractivity contribution in [1.29, 1.82) is 0 Å². The number of aromatic nitrogens is 2. The van der Waals surface area contributed by atoms with Crippen molar-refractivity contribution in [2.45, 2.75) is 18.1 Å². The summed E-state index contributed by atoms with van der Waals surface area (Å²) in [5, 5.41) is 10.5. The molecular weight excluding hydrogens is 372 g/mol. The van der Waals surface area contributed by atoms with Crippen LogP contribution in [0.3, 0.4) is 0 Å². The van der Waals surface area contributed by atoms with E-state index in [0.29, 0.717) is 34.6 Å². The Labute approximate surface area is 159 Å². The second-order valence-corrected chi connectivity index (χ2v) is 7.29. The molecule has 3 rings (SSSR count). The summed E-state index contributed by atoms with van der Waals surface area (Å²) in [5.41, 5.74) is 0.709. The third-order valence-electron chi connectivity index (χ3n) is 3.62. The van der Waals surface area contributed by atoms with Crippen molar-refractivity contribution in [2.75, 3.05) is 20.0 Å². The molecule has 0 aliphatic carbocycles. The molecule has 3 aromatic rings. The van der Waals surface area contributed by atoms with Crippen LogP contribution in [0.4, 0.5) is 0 Å². The smallest absolute Gasteiger partial charge is 0.276 e. The van der Waals surface area contributed by atoms with Crippen molar-refractivity contribution in [3.63, 3.8) is 0 Å². The van der Waals surface area contributed by atoms with Crippen LogP contribution < -0.4 is 9.47 Å². The Hall–Kier alpha value is -2.32. The van der Waals surface area contributed by atoms with Gasteiger partial charge in [0.1, 0.15) is 11.5 Å². The first-order chi connectivity index (χ1) is 12.7. The highest BCUT2D eigenvalue weighted by molar-refractivity contribution is 7.99. The minimum Gasteiger partial charge on any atom is -0.497 e. The van der Waals surface area contributed by atoms with Crippen LogP contribution in [-0.4, -0.2) is 36.0 Å². The van der Waals surface area contributed by atoms with E-state index in [0.717, 1.165) is 17.1 Å². The molecule has 6 nitrogen and oxygen atoms in total. The molecule has 0 unspecified atom stereocenters. The first-order valence-electron chi connectivity index (χ1n) is 7.96. The molecule has 2 heterocycles. The molecule has 0 bridgehead atoms. The number of thiophene rings is 1. The molecule has 26 heavy (non-hydrogen) atoms. The van der Waals surface area contributed by atoms with E-state index in [-0.39, 0.29) is 5.78 Å². The average Bonchev–Trinajstić information content (AvgIpc) is 3.36. The second-order valence-electron chi connectivity index (χ2n) is 5.29. The summed E-state index contributed by atoms with van der Waals surface area (Å²) < 4.78 is 16.2. The first kappa shape index (κ1) is 18.5. The third kappa shape index (κ3) is 4.44. The molecule has 0 spiro atoms. The van der Waals surface area contributed by atoms with E-state index < -0.39 is 0 Å². The van der Waals surface area contributed by atoms with E-state index in [1.54, 1.807) is 20.3 Å². The largest absolute Gasteiger partial charge is 0.497 e. The van der Waals surface area contributed by atoms with Crippen molar-refractivity contribution >= 4 is 28.9 Å². The Morgan fingerprint density at radius 1 is 1.23 bits per heavy atom. The molecular formula is C18H18N2O4S2. The summed E-state index contributed by atoms with van der Waals surface area (Å²) in [5.74, 6) is 2.59. The number of Topliss-reactive ketones (excluding diaryl/α,β-unsaturated/α-hetero) is 1. The van der Waals surface area contributed by atoms with Gasteiger partial charge in [-0.3, -0.25) is 4.79 Å². The van der Waals surface area contributed by atoms with Gasteiger partial charge in [0.2, 0.25) is 0 Å². The highest BCUT2D eigenvalue weighted by atomic mass is 32.2. The van der Waals surface area contributed by atoms with Crippen LogP contribution in [0.1, 0.15) is 22.5 Å². The van der Waals surface area contributed by atoms with Crippen LogP contribution in [-0.2, 0) is 0 Å². The molecule has 136 valence electrons. The summed E-state index contributed by atoms with van der Waals surface area (Å²) in [6, 6.07) is 9.14. The Bertz CT molecular complexity index is 862. The average molecular weight is 390 g/mol. The predicted octanol–water partition coefficient (Wildman–Crippen LogP) is 4.57. The van der Waals surface area contributed by atoms with E-state index >= 15 is 0 Å². The van der Waals surface area contributed by atoms with Crippen molar-refractivity contribution in [2.24, 2.45) is 0 Å². The van der Waals surface area contributed by atoms with Gasteiger partial charge in [-0.1, -0.05) is 17.8 Å². The number of thioether (sulfide) groups is 1. The molecule has 0 amide bonds. The number of benzene rings is 1. The van der Waals surface area contributed by atoms with Gasteiger partial charge in [0.05, 0.1) is 24.7 Å². The number of ether oxygens (including phenoxy) is 2. The molecule has 0 saturated heterocycles. The molecule has 2 aromatic heterocycles. The molecule has 1 aromatic carbocycles. The van der Waals surface area contributed by atoms with Crippen molar-refractivity contribution < 1.29 is 18.7 Å². The summed E-state index contributed by atoms with van der Waals surface area (Å²) in [6.07, 6.45) is 1.27. The number of carbonyl (C=O) groups is 1. The molecule has 0 atom stereocenters. The van der Waals surface area contributed by atoms with E-state index in [4.69, 9.17) is 13.9 Å². The monoisotopic (exact) mass is 390 g/mol. The van der Waals surface area contributed by atoms with Crippen molar-refractivity contribution in [3.05, 3.63) is 40.6 Å². The van der Waals surface area contributed by atoms with Crippen LogP contribution >= 0.6 is 23.1 Å². The van der Waals surface area contributed by atoms with Gasteiger partial charge in [-0.25, -0.2) is 0 Å². The first-order valence-corrected chi connectivity index (χ1v) is 9.83. The van der Waals surface area contributed by atoms with Crippen LogP contribution in [0.15, 0.2) is 45.4 Å². The molecule has 0 N–H and O–H groups in total. The number of nitrogens with zero attached hydrogens (tertiary/aromatic N) is 2. The SMILES string of the molecule is COc1ccc(-c2nnc(SCCCC(=O)c3cccs3)o2)c(OC)c1. The fourth-order valence-electron chi connectivity index (χ4n) is 2.30. The van der Waals surface area contributed by atoms with E-state index in [9.17, 15) is 4.79 Å². The number of methoxy groups -OCH3 is 2. The lowest BCUT2D eigenvalue weighted by Crippen LogP contribution is -1.96. The van der Waals surface area contributed by atoms with Crippen LogP contribution in [0.25, 0.3) is 11.5 Å². The molecule has 0 fully saturated rings. The fourth-order valence-corrected chi connectivity index (χ4v) is 3.70. The van der Waals surface area contributed by atoms with Crippen LogP contribution in [0, 0.1) is 0 Å². The molecule has 0 radical (unpaired) electrons. The summed E-state index contributed by atoms with van der Waals surface area (Å²) >= 11 is 2.92. The number of hydrogen-bond acceptors (Lipinski definition) is 8. The molecule has 8 heteroatoms. The van der Waals surface area contributed by atoms with Gasteiger partial charge in [-0.15, -0.1) is 21.5 Å².